The fraction of sp³-hybridized carbons (Fsp3) is 0.444. The van der Waals surface area contributed by atoms with Gasteiger partial charge in [0.25, 0.3) is 0 Å². The van der Waals surface area contributed by atoms with Gasteiger partial charge < -0.3 is 15.3 Å². The lowest BCUT2D eigenvalue weighted by molar-refractivity contribution is -0.127. The maximum Gasteiger partial charge on any atom is 0.245 e. The lowest BCUT2D eigenvalue weighted by Crippen LogP contribution is -2.37. The van der Waals surface area contributed by atoms with Gasteiger partial charge in [0, 0.05) is 25.6 Å². The lowest BCUT2D eigenvalue weighted by Gasteiger charge is -2.31. The Morgan fingerprint density at radius 3 is 2.56 bits per heavy atom. The van der Waals surface area contributed by atoms with Gasteiger partial charge in [0.2, 0.25) is 5.91 Å². The molecular formula is C18H22Cl2N2O3. The maximum atomic E-state index is 12.1. The van der Waals surface area contributed by atoms with Crippen molar-refractivity contribution in [3.63, 3.8) is 0 Å². The highest BCUT2D eigenvalue weighted by Crippen LogP contribution is 2.33. The summed E-state index contributed by atoms with van der Waals surface area (Å²) in [6.45, 7) is 5.07. The summed E-state index contributed by atoms with van der Waals surface area (Å²) in [6.07, 6.45) is 4.44. The first-order valence-electron chi connectivity index (χ1n) is 8.25. The van der Waals surface area contributed by atoms with E-state index in [1.54, 1.807) is 4.90 Å². The molecular weight excluding hydrogens is 363 g/mol. The minimum Gasteiger partial charge on any atom is -0.506 e. The highest BCUT2D eigenvalue weighted by Gasteiger charge is 2.21. The van der Waals surface area contributed by atoms with Crippen molar-refractivity contribution >= 4 is 40.6 Å². The van der Waals surface area contributed by atoms with E-state index in [0.29, 0.717) is 23.0 Å². The van der Waals surface area contributed by atoms with Crippen LogP contribution in [0.25, 0.3) is 0 Å². The molecule has 0 unspecified atom stereocenters. The minimum atomic E-state index is -0.0403. The molecule has 1 amide bonds. The zero-order chi connectivity index (χ0) is 18.4. The monoisotopic (exact) mass is 384 g/mol. The van der Waals surface area contributed by atoms with E-state index in [-0.39, 0.29) is 29.0 Å². The molecule has 0 atom stereocenters. The molecule has 0 spiro atoms. The molecule has 1 heterocycles. The predicted molar refractivity (Wildman–Crippen MR) is 100 cm³/mol. The van der Waals surface area contributed by atoms with Gasteiger partial charge in [-0.3, -0.25) is 9.59 Å². The van der Waals surface area contributed by atoms with Crippen LogP contribution in [-0.4, -0.2) is 41.3 Å². The van der Waals surface area contributed by atoms with Crippen molar-refractivity contribution in [1.29, 1.82) is 0 Å². The number of nitrogens with zero attached hydrogens (tertiary/aromatic N) is 1. The Morgan fingerprint density at radius 2 is 1.92 bits per heavy atom. The fourth-order valence-corrected chi connectivity index (χ4v) is 3.22. The Labute approximate surface area is 157 Å². The number of Topliss-reactive ketones (excluding diaryl/α,β-unsaturated/α-hetero) is 1. The molecule has 1 aliphatic heterocycles. The van der Waals surface area contributed by atoms with Gasteiger partial charge in [-0.2, -0.15) is 0 Å². The highest BCUT2D eigenvalue weighted by molar-refractivity contribution is 6.42. The molecule has 0 aromatic heterocycles. The van der Waals surface area contributed by atoms with Crippen LogP contribution in [0.5, 0.6) is 5.75 Å². The summed E-state index contributed by atoms with van der Waals surface area (Å²) in [6, 6.07) is 2.84. The van der Waals surface area contributed by atoms with Crippen LogP contribution in [0, 0.1) is 5.92 Å². The summed E-state index contributed by atoms with van der Waals surface area (Å²) in [7, 11) is 0. The van der Waals surface area contributed by atoms with Crippen LogP contribution in [0.1, 0.15) is 25.7 Å². The number of benzene rings is 1. The molecule has 1 aromatic rings. The predicted octanol–water partition coefficient (Wildman–Crippen LogP) is 3.88. The van der Waals surface area contributed by atoms with E-state index in [4.69, 9.17) is 23.2 Å². The molecule has 1 aliphatic rings. The van der Waals surface area contributed by atoms with Crippen LogP contribution in [-0.2, 0) is 9.59 Å². The number of carbonyl (C=O) groups excluding carboxylic acids is 2. The molecule has 1 fully saturated rings. The maximum absolute atomic E-state index is 12.1. The summed E-state index contributed by atoms with van der Waals surface area (Å²) in [5, 5.41) is 13.3. The second-order valence-corrected chi connectivity index (χ2v) is 7.00. The number of likely N-dealkylation sites (tertiary alicyclic amines) is 1. The van der Waals surface area contributed by atoms with Gasteiger partial charge in [-0.25, -0.2) is 0 Å². The topological polar surface area (TPSA) is 69.6 Å². The SMILES string of the molecule is C=CC(=O)N1CCC(CCC(=O)CNc2cc(Cl)c(Cl)cc2O)CC1. The first-order chi connectivity index (χ1) is 11.9. The molecule has 1 saturated heterocycles. The minimum absolute atomic E-state index is 0.0276. The van der Waals surface area contributed by atoms with E-state index in [0.717, 1.165) is 32.4 Å². The average molecular weight is 385 g/mol. The number of amides is 1. The van der Waals surface area contributed by atoms with Crippen molar-refractivity contribution in [2.75, 3.05) is 25.0 Å². The molecule has 7 heteroatoms. The van der Waals surface area contributed by atoms with E-state index in [2.05, 4.69) is 11.9 Å². The second-order valence-electron chi connectivity index (χ2n) is 6.19. The van der Waals surface area contributed by atoms with Crippen molar-refractivity contribution in [2.45, 2.75) is 25.7 Å². The van der Waals surface area contributed by atoms with Crippen LogP contribution < -0.4 is 5.32 Å². The standard InChI is InChI=1S/C18H22Cl2N2O3/c1-2-18(25)22-7-5-12(6-8-22)3-4-13(23)11-21-16-9-14(19)15(20)10-17(16)24/h2,9-10,12,21,24H,1,3-8,11H2. The van der Waals surface area contributed by atoms with E-state index in [1.165, 1.54) is 18.2 Å². The number of aromatic hydroxyl groups is 1. The van der Waals surface area contributed by atoms with Crippen LogP contribution >= 0.6 is 23.2 Å². The third-order valence-corrected chi connectivity index (χ3v) is 5.17. The second kappa shape index (κ2) is 9.11. The summed E-state index contributed by atoms with van der Waals surface area (Å²) in [5.74, 6) is 0.452. The van der Waals surface area contributed by atoms with Gasteiger partial charge in [-0.05, 0) is 37.3 Å². The van der Waals surface area contributed by atoms with Gasteiger partial charge in [0.1, 0.15) is 5.75 Å². The number of hydrogen-bond donors (Lipinski definition) is 2. The van der Waals surface area contributed by atoms with E-state index in [1.807, 2.05) is 0 Å². The fourth-order valence-electron chi connectivity index (χ4n) is 2.90. The molecule has 5 nitrogen and oxygen atoms in total. The quantitative estimate of drug-likeness (QED) is 0.552. The van der Waals surface area contributed by atoms with Crippen molar-refractivity contribution in [3.8, 4) is 5.75 Å². The van der Waals surface area contributed by atoms with Gasteiger partial charge in [0.15, 0.2) is 5.78 Å². The number of carbonyl (C=O) groups is 2. The van der Waals surface area contributed by atoms with Gasteiger partial charge in [-0.1, -0.05) is 29.8 Å². The highest BCUT2D eigenvalue weighted by atomic mass is 35.5. The smallest absolute Gasteiger partial charge is 0.245 e. The average Bonchev–Trinajstić information content (AvgIpc) is 2.61. The van der Waals surface area contributed by atoms with Crippen LogP contribution in [0.4, 0.5) is 5.69 Å². The normalized spacial score (nSPS) is 15.0. The molecule has 0 bridgehead atoms. The Hall–Kier alpha value is -1.72. The van der Waals surface area contributed by atoms with Crippen LogP contribution in [0.3, 0.4) is 0 Å². The van der Waals surface area contributed by atoms with E-state index < -0.39 is 0 Å². The van der Waals surface area contributed by atoms with Gasteiger partial charge in [-0.15, -0.1) is 0 Å². The van der Waals surface area contributed by atoms with Crippen LogP contribution in [0.15, 0.2) is 24.8 Å². The number of phenolic OH excluding ortho intramolecular Hbond substituents is 1. The van der Waals surface area contributed by atoms with Crippen molar-refractivity contribution in [2.24, 2.45) is 5.92 Å². The van der Waals surface area contributed by atoms with Crippen molar-refractivity contribution in [3.05, 3.63) is 34.8 Å². The number of anilines is 1. The van der Waals surface area contributed by atoms with Crippen molar-refractivity contribution < 1.29 is 14.7 Å². The molecule has 2 rings (SSSR count). The van der Waals surface area contributed by atoms with E-state index in [9.17, 15) is 14.7 Å². The third-order valence-electron chi connectivity index (χ3n) is 4.45. The Kier molecular flexibility index (Phi) is 7.14. The number of halogens is 2. The Bertz CT molecular complexity index is 656. The molecule has 0 saturated carbocycles. The summed E-state index contributed by atoms with van der Waals surface area (Å²) >= 11 is 11.7. The first kappa shape index (κ1) is 19.6. The molecule has 1 aromatic carbocycles. The molecule has 0 radical (unpaired) electrons. The summed E-state index contributed by atoms with van der Waals surface area (Å²) < 4.78 is 0. The molecule has 25 heavy (non-hydrogen) atoms. The number of rotatable bonds is 7. The number of hydrogen-bond acceptors (Lipinski definition) is 4. The van der Waals surface area contributed by atoms with E-state index >= 15 is 0 Å². The zero-order valence-electron chi connectivity index (χ0n) is 13.9. The number of ketones is 1. The summed E-state index contributed by atoms with van der Waals surface area (Å²) in [4.78, 5) is 25.4. The number of phenols is 1. The third kappa shape index (κ3) is 5.65. The van der Waals surface area contributed by atoms with Crippen molar-refractivity contribution in [1.82, 2.24) is 4.90 Å². The Balaban J connectivity index is 1.72. The largest absolute Gasteiger partial charge is 0.506 e. The first-order valence-corrected chi connectivity index (χ1v) is 9.01. The van der Waals surface area contributed by atoms with Gasteiger partial charge in [0.05, 0.1) is 22.3 Å². The molecule has 136 valence electrons. The summed E-state index contributed by atoms with van der Waals surface area (Å²) in [5.41, 5.74) is 0.388. The molecule has 0 aliphatic carbocycles. The number of piperidine rings is 1. The lowest BCUT2D eigenvalue weighted by atomic mass is 9.91. The number of nitrogens with one attached hydrogen (secondary N) is 1. The van der Waals surface area contributed by atoms with Crippen LogP contribution in [0.2, 0.25) is 10.0 Å². The Morgan fingerprint density at radius 1 is 1.28 bits per heavy atom. The van der Waals surface area contributed by atoms with Gasteiger partial charge >= 0.3 is 0 Å². The molecule has 2 N–H and O–H groups in total. The zero-order valence-corrected chi connectivity index (χ0v) is 15.4.